The Labute approximate surface area is 80.0 Å². The molecule has 0 bridgehead atoms. The van der Waals surface area contributed by atoms with Gasteiger partial charge in [-0.05, 0) is 18.9 Å². The Bertz CT molecular complexity index is 123. The second-order valence-corrected chi connectivity index (χ2v) is 3.04. The zero-order valence-corrected chi connectivity index (χ0v) is 8.28. The molecule has 0 amide bonds. The van der Waals surface area contributed by atoms with Crippen molar-refractivity contribution in [2.24, 2.45) is 0 Å². The van der Waals surface area contributed by atoms with Crippen LogP contribution < -0.4 is 0 Å². The van der Waals surface area contributed by atoms with Crippen LogP contribution in [0.4, 0.5) is 0 Å². The van der Waals surface area contributed by atoms with Crippen molar-refractivity contribution in [2.45, 2.75) is 38.7 Å². The van der Waals surface area contributed by atoms with Gasteiger partial charge in [-0.1, -0.05) is 19.8 Å². The van der Waals surface area contributed by atoms with Gasteiger partial charge in [0.1, 0.15) is 12.7 Å². The minimum absolute atomic E-state index is 0.167. The molecule has 78 valence electrons. The molecule has 1 unspecified atom stereocenters. The Morgan fingerprint density at radius 3 is 2.77 bits per heavy atom. The first-order valence-electron chi connectivity index (χ1n) is 4.86. The van der Waals surface area contributed by atoms with Crippen LogP contribution in [-0.2, 0) is 4.74 Å². The summed E-state index contributed by atoms with van der Waals surface area (Å²) in [6, 6.07) is 0. The topological polar surface area (TPSA) is 49.7 Å². The fourth-order valence-electron chi connectivity index (χ4n) is 0.868. The molecule has 0 fully saturated rings. The van der Waals surface area contributed by atoms with Crippen molar-refractivity contribution in [2.75, 3.05) is 13.2 Å². The maximum Gasteiger partial charge on any atom is 0.115 e. The third-order valence-electron chi connectivity index (χ3n) is 1.67. The number of aliphatic hydroxyl groups is 2. The number of rotatable bonds is 8. The molecule has 0 spiro atoms. The van der Waals surface area contributed by atoms with Gasteiger partial charge in [0, 0.05) is 0 Å². The van der Waals surface area contributed by atoms with Gasteiger partial charge in [-0.25, -0.2) is 0 Å². The standard InChI is InChI=1S/C10H20O3/c1-2-3-4-5-6-7-13-9-10(12)8-11/h6-7,10-12H,2-5,8-9H2,1H3/b7-6+. The van der Waals surface area contributed by atoms with Crippen LogP contribution in [0.3, 0.4) is 0 Å². The summed E-state index contributed by atoms with van der Waals surface area (Å²) in [5.41, 5.74) is 0. The summed E-state index contributed by atoms with van der Waals surface area (Å²) in [6.07, 6.45) is 7.43. The van der Waals surface area contributed by atoms with E-state index in [0.29, 0.717) is 0 Å². The number of ether oxygens (including phenoxy) is 1. The third kappa shape index (κ3) is 9.37. The van der Waals surface area contributed by atoms with E-state index in [1.165, 1.54) is 19.3 Å². The lowest BCUT2D eigenvalue weighted by molar-refractivity contribution is 0.0383. The lowest BCUT2D eigenvalue weighted by Gasteiger charge is -2.05. The molecule has 0 aromatic rings. The molecule has 0 rings (SSSR count). The van der Waals surface area contributed by atoms with Gasteiger partial charge in [-0.3, -0.25) is 0 Å². The molecule has 0 radical (unpaired) electrons. The summed E-state index contributed by atoms with van der Waals surface area (Å²) >= 11 is 0. The van der Waals surface area contributed by atoms with E-state index in [2.05, 4.69) is 6.92 Å². The van der Waals surface area contributed by atoms with E-state index >= 15 is 0 Å². The SMILES string of the molecule is CCCCC/C=C/OCC(O)CO. The highest BCUT2D eigenvalue weighted by Crippen LogP contribution is 1.99. The molecule has 0 aromatic heterocycles. The number of unbranched alkanes of at least 4 members (excludes halogenated alkanes) is 3. The Morgan fingerprint density at radius 1 is 1.38 bits per heavy atom. The predicted octanol–water partition coefficient (Wildman–Crippen LogP) is 1.45. The van der Waals surface area contributed by atoms with Crippen LogP contribution in [0.1, 0.15) is 32.6 Å². The highest BCUT2D eigenvalue weighted by molar-refractivity contribution is 4.73. The minimum Gasteiger partial charge on any atom is -0.499 e. The zero-order valence-electron chi connectivity index (χ0n) is 8.28. The summed E-state index contributed by atoms with van der Waals surface area (Å²) < 4.78 is 4.98. The number of aliphatic hydroxyl groups excluding tert-OH is 2. The summed E-state index contributed by atoms with van der Waals surface area (Å²) in [7, 11) is 0. The second kappa shape index (κ2) is 9.55. The molecule has 3 nitrogen and oxygen atoms in total. The second-order valence-electron chi connectivity index (χ2n) is 3.04. The van der Waals surface area contributed by atoms with Crippen LogP contribution in [0.5, 0.6) is 0 Å². The van der Waals surface area contributed by atoms with Crippen LogP contribution in [0.25, 0.3) is 0 Å². The van der Waals surface area contributed by atoms with E-state index in [0.717, 1.165) is 6.42 Å². The quantitative estimate of drug-likeness (QED) is 0.448. The van der Waals surface area contributed by atoms with Gasteiger partial charge in [0.25, 0.3) is 0 Å². The summed E-state index contributed by atoms with van der Waals surface area (Å²) in [6.45, 7) is 2.09. The highest BCUT2D eigenvalue weighted by Gasteiger charge is 1.98. The van der Waals surface area contributed by atoms with Crippen molar-refractivity contribution in [1.29, 1.82) is 0 Å². The molecule has 0 saturated carbocycles. The lowest BCUT2D eigenvalue weighted by atomic mass is 10.2. The fourth-order valence-corrected chi connectivity index (χ4v) is 0.868. The van der Waals surface area contributed by atoms with Crippen molar-refractivity contribution >= 4 is 0 Å². The first-order chi connectivity index (χ1) is 6.31. The van der Waals surface area contributed by atoms with Crippen LogP contribution in [0.15, 0.2) is 12.3 Å². The molecule has 2 N–H and O–H groups in total. The normalized spacial score (nSPS) is 13.5. The van der Waals surface area contributed by atoms with Crippen LogP contribution >= 0.6 is 0 Å². The van der Waals surface area contributed by atoms with Crippen LogP contribution in [0, 0.1) is 0 Å². The molecular formula is C10H20O3. The maximum absolute atomic E-state index is 8.89. The monoisotopic (exact) mass is 188 g/mol. The van der Waals surface area contributed by atoms with Gasteiger partial charge < -0.3 is 14.9 Å². The molecule has 13 heavy (non-hydrogen) atoms. The summed E-state index contributed by atoms with van der Waals surface area (Å²) in [4.78, 5) is 0. The summed E-state index contributed by atoms with van der Waals surface area (Å²) in [5, 5.41) is 17.3. The van der Waals surface area contributed by atoms with E-state index in [1.54, 1.807) is 6.26 Å². The minimum atomic E-state index is -0.764. The van der Waals surface area contributed by atoms with Gasteiger partial charge in [-0.15, -0.1) is 0 Å². The van der Waals surface area contributed by atoms with E-state index in [1.807, 2.05) is 6.08 Å². The van der Waals surface area contributed by atoms with Crippen molar-refractivity contribution in [3.8, 4) is 0 Å². The molecule has 0 aromatic carbocycles. The predicted molar refractivity (Wildman–Crippen MR) is 52.3 cm³/mol. The lowest BCUT2D eigenvalue weighted by Crippen LogP contribution is -2.17. The Hall–Kier alpha value is -0.540. The molecule has 0 aliphatic heterocycles. The Kier molecular flexibility index (Phi) is 9.15. The first-order valence-corrected chi connectivity index (χ1v) is 4.86. The van der Waals surface area contributed by atoms with Crippen molar-refractivity contribution in [3.05, 3.63) is 12.3 Å². The Morgan fingerprint density at radius 2 is 2.15 bits per heavy atom. The highest BCUT2D eigenvalue weighted by atomic mass is 16.5. The van der Waals surface area contributed by atoms with Crippen molar-refractivity contribution < 1.29 is 14.9 Å². The van der Waals surface area contributed by atoms with Crippen LogP contribution in [-0.4, -0.2) is 29.5 Å². The maximum atomic E-state index is 8.89. The smallest absolute Gasteiger partial charge is 0.115 e. The van der Waals surface area contributed by atoms with E-state index in [-0.39, 0.29) is 13.2 Å². The number of hydrogen-bond donors (Lipinski definition) is 2. The van der Waals surface area contributed by atoms with Crippen LogP contribution in [0.2, 0.25) is 0 Å². The van der Waals surface area contributed by atoms with E-state index < -0.39 is 6.10 Å². The average Bonchev–Trinajstić information content (AvgIpc) is 2.16. The van der Waals surface area contributed by atoms with Crippen molar-refractivity contribution in [1.82, 2.24) is 0 Å². The van der Waals surface area contributed by atoms with Crippen molar-refractivity contribution in [3.63, 3.8) is 0 Å². The van der Waals surface area contributed by atoms with E-state index in [4.69, 9.17) is 14.9 Å². The van der Waals surface area contributed by atoms with Gasteiger partial charge in [0.15, 0.2) is 0 Å². The van der Waals surface area contributed by atoms with Gasteiger partial charge >= 0.3 is 0 Å². The third-order valence-corrected chi connectivity index (χ3v) is 1.67. The molecule has 1 atom stereocenters. The molecular weight excluding hydrogens is 168 g/mol. The number of hydrogen-bond acceptors (Lipinski definition) is 3. The molecule has 0 aliphatic carbocycles. The fraction of sp³-hybridized carbons (Fsp3) is 0.800. The van der Waals surface area contributed by atoms with Gasteiger partial charge in [0.05, 0.1) is 12.9 Å². The first kappa shape index (κ1) is 12.5. The molecule has 0 aliphatic rings. The molecule has 0 saturated heterocycles. The van der Waals surface area contributed by atoms with Gasteiger partial charge in [-0.2, -0.15) is 0 Å². The molecule has 3 heteroatoms. The largest absolute Gasteiger partial charge is 0.499 e. The van der Waals surface area contributed by atoms with E-state index in [9.17, 15) is 0 Å². The number of allylic oxidation sites excluding steroid dienone is 1. The Balaban J connectivity index is 3.12. The summed E-state index contributed by atoms with van der Waals surface area (Å²) in [5.74, 6) is 0. The molecule has 0 heterocycles. The average molecular weight is 188 g/mol. The zero-order chi connectivity index (χ0) is 9.94. The van der Waals surface area contributed by atoms with Gasteiger partial charge in [0.2, 0.25) is 0 Å².